The maximum Gasteiger partial charge on any atom is 0.342 e. The second-order valence-electron chi connectivity index (χ2n) is 15.0. The van der Waals surface area contributed by atoms with Crippen molar-refractivity contribution < 1.29 is 37.2 Å². The normalized spacial score (nSPS) is 38.2. The van der Waals surface area contributed by atoms with Crippen LogP contribution in [0.4, 0.5) is 17.6 Å². The van der Waals surface area contributed by atoms with Gasteiger partial charge in [0, 0.05) is 34.5 Å². The van der Waals surface area contributed by atoms with Crippen LogP contribution in [-0.2, 0) is 9.47 Å². The summed E-state index contributed by atoms with van der Waals surface area (Å²) in [4.78, 5) is 1.08. The molecule has 4 aliphatic carbocycles. The standard InChI is InChI=1S/C35H46F4O4S/c1-6-34(36,37)35(38,39)33(41)17-14-26-24-12-15-31(40)19-32(42-20-29(3,4)21-43-32)16-13-27(31)28(24)25(18-30(26,33)5)22-8-10-23(11-9-22)44-7-2/h6,8-11,24-26,40-41H,1,7,12-21H2,2-5H3/t24?,25-,26?,30+,31-,33+/m1/s1. The average Bonchev–Trinajstić information content (AvgIpc) is 3.26. The van der Waals surface area contributed by atoms with E-state index in [2.05, 4.69) is 27.4 Å². The van der Waals surface area contributed by atoms with Crippen LogP contribution in [0.1, 0.15) is 90.5 Å². The fourth-order valence-corrected chi connectivity index (χ4v) is 10.1. The molecule has 5 aliphatic rings. The van der Waals surface area contributed by atoms with Crippen LogP contribution in [0.5, 0.6) is 0 Å². The summed E-state index contributed by atoms with van der Waals surface area (Å²) in [5, 5.41) is 24.2. The maximum absolute atomic E-state index is 15.8. The number of aliphatic hydroxyl groups is 2. The van der Waals surface area contributed by atoms with Crippen molar-refractivity contribution in [2.75, 3.05) is 19.0 Å². The molecule has 1 aromatic rings. The van der Waals surface area contributed by atoms with Crippen molar-refractivity contribution in [2.24, 2.45) is 22.7 Å². The fourth-order valence-electron chi connectivity index (χ4n) is 9.44. The first-order valence-corrected chi connectivity index (χ1v) is 17.0. The molecule has 4 nitrogen and oxygen atoms in total. The number of benzene rings is 1. The molecule has 1 spiro atoms. The van der Waals surface area contributed by atoms with E-state index >= 15 is 8.78 Å². The molecule has 9 heteroatoms. The smallest absolute Gasteiger partial charge is 0.342 e. The third-order valence-corrected chi connectivity index (χ3v) is 12.7. The lowest BCUT2D eigenvalue weighted by atomic mass is 9.49. The van der Waals surface area contributed by atoms with Gasteiger partial charge in [-0.15, -0.1) is 11.8 Å². The Bertz CT molecular complexity index is 1320. The zero-order valence-corrected chi connectivity index (χ0v) is 27.1. The van der Waals surface area contributed by atoms with Gasteiger partial charge in [0.1, 0.15) is 5.60 Å². The Morgan fingerprint density at radius 3 is 2.27 bits per heavy atom. The summed E-state index contributed by atoms with van der Waals surface area (Å²) in [5.41, 5.74) is -2.84. The number of alkyl halides is 4. The highest BCUT2D eigenvalue weighted by molar-refractivity contribution is 7.99. The van der Waals surface area contributed by atoms with Crippen LogP contribution in [0.25, 0.3) is 0 Å². The Hall–Kier alpha value is -1.39. The Morgan fingerprint density at radius 2 is 1.66 bits per heavy atom. The Morgan fingerprint density at radius 1 is 1.00 bits per heavy atom. The lowest BCUT2D eigenvalue weighted by Gasteiger charge is -2.59. The molecule has 0 radical (unpaired) electrons. The van der Waals surface area contributed by atoms with E-state index in [4.69, 9.17) is 9.47 Å². The quantitative estimate of drug-likeness (QED) is 0.187. The molecular formula is C35H46F4O4S. The Labute approximate surface area is 262 Å². The van der Waals surface area contributed by atoms with Crippen LogP contribution in [0, 0.1) is 22.7 Å². The van der Waals surface area contributed by atoms with Gasteiger partial charge in [-0.3, -0.25) is 0 Å². The molecule has 0 aromatic heterocycles. The molecule has 1 aromatic carbocycles. The summed E-state index contributed by atoms with van der Waals surface area (Å²) in [6.45, 7) is 11.9. The van der Waals surface area contributed by atoms with Crippen molar-refractivity contribution >= 4 is 11.8 Å². The molecule has 244 valence electrons. The third-order valence-electron chi connectivity index (χ3n) is 11.8. The van der Waals surface area contributed by atoms with E-state index in [-0.39, 0.29) is 30.3 Å². The van der Waals surface area contributed by atoms with Crippen LogP contribution < -0.4 is 0 Å². The summed E-state index contributed by atoms with van der Waals surface area (Å²) in [7, 11) is 0. The van der Waals surface area contributed by atoms with Crippen molar-refractivity contribution in [1.29, 1.82) is 0 Å². The number of fused-ring (bicyclic) bond motifs is 4. The first kappa shape index (κ1) is 32.5. The molecular weight excluding hydrogens is 592 g/mol. The van der Waals surface area contributed by atoms with Crippen molar-refractivity contribution in [1.82, 2.24) is 0 Å². The topological polar surface area (TPSA) is 58.9 Å². The summed E-state index contributed by atoms with van der Waals surface area (Å²) >= 11 is 1.69. The number of thioether (sulfide) groups is 1. The SMILES string of the molecule is C=CC(F)(F)C(F)(F)[C@]1(O)CCC2C3CC[C@@]4(O)CC5(CCC4=C3[C@@H](c3ccc(SCC)cc3)C[C@@]21C)OCC(C)(C)CO5. The summed E-state index contributed by atoms with van der Waals surface area (Å²) in [6.07, 6.45) is 2.16. The molecule has 4 fully saturated rings. The van der Waals surface area contributed by atoms with Crippen molar-refractivity contribution in [2.45, 2.75) is 119 Å². The van der Waals surface area contributed by atoms with Crippen LogP contribution in [0.3, 0.4) is 0 Å². The number of ether oxygens (including phenoxy) is 2. The average molecular weight is 639 g/mol. The number of hydrogen-bond acceptors (Lipinski definition) is 5. The van der Waals surface area contributed by atoms with Crippen LogP contribution >= 0.6 is 11.8 Å². The second kappa shape index (κ2) is 10.6. The minimum atomic E-state index is -4.70. The first-order chi connectivity index (χ1) is 20.5. The van der Waals surface area contributed by atoms with Crippen LogP contribution in [0.15, 0.2) is 53.0 Å². The largest absolute Gasteiger partial charge is 0.385 e. The van der Waals surface area contributed by atoms with E-state index < -0.39 is 52.5 Å². The van der Waals surface area contributed by atoms with Crippen molar-refractivity contribution in [3.8, 4) is 0 Å². The number of allylic oxidation sites excluding steroid dienone is 2. The molecule has 3 saturated carbocycles. The highest BCUT2D eigenvalue weighted by Crippen LogP contribution is 2.71. The zero-order valence-electron chi connectivity index (χ0n) is 26.2. The minimum absolute atomic E-state index is 0.0331. The Balaban J connectivity index is 1.45. The molecule has 6 atom stereocenters. The van der Waals surface area contributed by atoms with Gasteiger partial charge in [-0.1, -0.05) is 52.0 Å². The molecule has 1 aliphatic heterocycles. The molecule has 0 amide bonds. The molecule has 1 saturated heterocycles. The van der Waals surface area contributed by atoms with Crippen molar-refractivity contribution in [3.63, 3.8) is 0 Å². The Kier molecular flexibility index (Phi) is 7.81. The molecule has 2 unspecified atom stereocenters. The van der Waals surface area contributed by atoms with Gasteiger partial charge in [0.2, 0.25) is 0 Å². The van der Waals surface area contributed by atoms with Crippen LogP contribution in [0.2, 0.25) is 0 Å². The van der Waals surface area contributed by atoms with Gasteiger partial charge in [-0.05, 0) is 85.5 Å². The summed E-state index contributed by atoms with van der Waals surface area (Å²) < 4.78 is 73.9. The zero-order chi connectivity index (χ0) is 32.0. The summed E-state index contributed by atoms with van der Waals surface area (Å²) in [5.74, 6) is -10.3. The van der Waals surface area contributed by atoms with Gasteiger partial charge in [-0.2, -0.15) is 17.6 Å². The van der Waals surface area contributed by atoms with E-state index in [1.54, 1.807) is 18.7 Å². The van der Waals surface area contributed by atoms with Crippen LogP contribution in [-0.4, -0.2) is 58.0 Å². The molecule has 6 rings (SSSR count). The predicted octanol–water partition coefficient (Wildman–Crippen LogP) is 8.28. The fraction of sp³-hybridized carbons (Fsp3) is 0.714. The van der Waals surface area contributed by atoms with Gasteiger partial charge in [-0.25, -0.2) is 0 Å². The van der Waals surface area contributed by atoms with Gasteiger partial charge in [0.15, 0.2) is 5.79 Å². The lowest BCUT2D eigenvalue weighted by molar-refractivity contribution is -0.323. The highest BCUT2D eigenvalue weighted by Gasteiger charge is 2.77. The van der Waals surface area contributed by atoms with E-state index in [1.807, 2.05) is 24.3 Å². The van der Waals surface area contributed by atoms with E-state index in [9.17, 15) is 19.0 Å². The number of halogens is 4. The lowest BCUT2D eigenvalue weighted by Crippen LogP contribution is -2.66. The van der Waals surface area contributed by atoms with Gasteiger partial charge in [0.25, 0.3) is 0 Å². The molecule has 2 N–H and O–H groups in total. The van der Waals surface area contributed by atoms with Crippen molar-refractivity contribution in [3.05, 3.63) is 53.6 Å². The monoisotopic (exact) mass is 638 g/mol. The van der Waals surface area contributed by atoms with E-state index in [1.165, 1.54) is 0 Å². The molecule has 0 bridgehead atoms. The first-order valence-electron chi connectivity index (χ1n) is 16.1. The van der Waals surface area contributed by atoms with Gasteiger partial charge >= 0.3 is 11.8 Å². The number of hydrogen-bond donors (Lipinski definition) is 2. The second-order valence-corrected chi connectivity index (χ2v) is 16.4. The van der Waals surface area contributed by atoms with Gasteiger partial charge in [0.05, 0.1) is 18.8 Å². The van der Waals surface area contributed by atoms with E-state index in [0.29, 0.717) is 45.3 Å². The van der Waals surface area contributed by atoms with E-state index in [0.717, 1.165) is 27.4 Å². The molecule has 44 heavy (non-hydrogen) atoms. The minimum Gasteiger partial charge on any atom is -0.385 e. The summed E-state index contributed by atoms with van der Waals surface area (Å²) in [6, 6.07) is 8.01. The predicted molar refractivity (Wildman–Crippen MR) is 163 cm³/mol. The molecule has 1 heterocycles. The van der Waals surface area contributed by atoms with Gasteiger partial charge < -0.3 is 19.7 Å². The third kappa shape index (κ3) is 4.69. The maximum atomic E-state index is 15.8. The highest BCUT2D eigenvalue weighted by atomic mass is 32.2. The number of rotatable bonds is 6.